The van der Waals surface area contributed by atoms with Crippen molar-refractivity contribution in [1.29, 1.82) is 0 Å². The van der Waals surface area contributed by atoms with E-state index < -0.39 is 0 Å². The smallest absolute Gasteiger partial charge is 0.256 e. The number of aromatic amines is 1. The van der Waals surface area contributed by atoms with Crippen molar-refractivity contribution in [3.05, 3.63) is 52.5 Å². The molecule has 3 aromatic rings. The average molecular weight is 307 g/mol. The van der Waals surface area contributed by atoms with Gasteiger partial charge in [0.05, 0.1) is 0 Å². The summed E-state index contributed by atoms with van der Waals surface area (Å²) in [7, 11) is 0. The van der Waals surface area contributed by atoms with Crippen LogP contribution in [0.4, 0.5) is 5.82 Å². The minimum atomic E-state index is -0.293. The van der Waals surface area contributed by atoms with Gasteiger partial charge in [-0.2, -0.15) is 0 Å². The molecule has 0 saturated carbocycles. The monoisotopic (exact) mass is 306 g/mol. The van der Waals surface area contributed by atoms with Crippen LogP contribution in [-0.2, 0) is 0 Å². The molecule has 0 aliphatic heterocycles. The van der Waals surface area contributed by atoms with Gasteiger partial charge in [0.1, 0.15) is 11.0 Å². The lowest BCUT2D eigenvalue weighted by atomic mass is 10.1. The highest BCUT2D eigenvalue weighted by Gasteiger charge is 2.09. The number of carbonyl (C=O) groups is 1. The maximum Gasteiger partial charge on any atom is 0.256 e. The van der Waals surface area contributed by atoms with Crippen LogP contribution < -0.4 is 5.32 Å². The van der Waals surface area contributed by atoms with Crippen LogP contribution in [0.1, 0.15) is 10.4 Å². The Morgan fingerprint density at radius 2 is 2.00 bits per heavy atom. The molecule has 2 heterocycles. The quantitative estimate of drug-likeness (QED) is 0.562. The van der Waals surface area contributed by atoms with E-state index in [4.69, 9.17) is 23.2 Å². The van der Waals surface area contributed by atoms with E-state index in [1.165, 1.54) is 6.07 Å². The van der Waals surface area contributed by atoms with E-state index in [1.54, 1.807) is 12.1 Å². The summed E-state index contributed by atoms with van der Waals surface area (Å²) in [6, 6.07) is 8.67. The normalized spacial score (nSPS) is 10.7. The molecule has 0 aliphatic carbocycles. The van der Waals surface area contributed by atoms with Crippen molar-refractivity contribution < 1.29 is 4.79 Å². The minimum absolute atomic E-state index is 0.0195. The lowest BCUT2D eigenvalue weighted by Crippen LogP contribution is -2.13. The van der Waals surface area contributed by atoms with Crippen LogP contribution in [0.3, 0.4) is 0 Å². The molecule has 0 fully saturated rings. The van der Waals surface area contributed by atoms with E-state index >= 15 is 0 Å². The van der Waals surface area contributed by atoms with Crippen LogP contribution in [0.25, 0.3) is 10.9 Å². The van der Waals surface area contributed by atoms with Crippen LogP contribution in [0.15, 0.2) is 36.5 Å². The van der Waals surface area contributed by atoms with Crippen molar-refractivity contribution in [3.8, 4) is 0 Å². The van der Waals surface area contributed by atoms with Gasteiger partial charge in [0.2, 0.25) is 5.28 Å². The molecule has 1 amide bonds. The number of fused-ring (bicyclic) bond motifs is 1. The standard InChI is InChI=1S/C13H8Cl2N4O/c14-10-6-11(19-13(15)17-10)18-12(20)8-1-2-9-7(5-8)3-4-16-9/h1-6,16H,(H,17,18,19,20). The summed E-state index contributed by atoms with van der Waals surface area (Å²) < 4.78 is 0. The van der Waals surface area contributed by atoms with E-state index in [0.29, 0.717) is 5.56 Å². The molecular weight excluding hydrogens is 299 g/mol. The van der Waals surface area contributed by atoms with Crippen LogP contribution in [0.2, 0.25) is 10.4 Å². The van der Waals surface area contributed by atoms with Crippen molar-refractivity contribution >= 4 is 45.8 Å². The molecule has 5 nitrogen and oxygen atoms in total. The maximum absolute atomic E-state index is 12.1. The number of nitrogens with zero attached hydrogens (tertiary/aromatic N) is 2. The van der Waals surface area contributed by atoms with Gasteiger partial charge in [0, 0.05) is 28.7 Å². The summed E-state index contributed by atoms with van der Waals surface area (Å²) in [5.41, 5.74) is 1.48. The largest absolute Gasteiger partial charge is 0.361 e. The molecule has 2 aromatic heterocycles. The number of aromatic nitrogens is 3. The van der Waals surface area contributed by atoms with Gasteiger partial charge in [-0.15, -0.1) is 0 Å². The number of benzene rings is 1. The molecule has 100 valence electrons. The summed E-state index contributed by atoms with van der Waals surface area (Å²) in [6.07, 6.45) is 1.82. The van der Waals surface area contributed by atoms with Crippen LogP contribution in [0, 0.1) is 0 Å². The SMILES string of the molecule is O=C(Nc1cc(Cl)nc(Cl)n1)c1ccc2[nH]ccc2c1. The Balaban J connectivity index is 1.88. The predicted molar refractivity (Wildman–Crippen MR) is 78.3 cm³/mol. The number of rotatable bonds is 2. The maximum atomic E-state index is 12.1. The third-order valence-corrected chi connectivity index (χ3v) is 3.09. The van der Waals surface area contributed by atoms with Gasteiger partial charge in [-0.1, -0.05) is 11.6 Å². The molecule has 0 aliphatic rings. The number of halogens is 2. The molecule has 20 heavy (non-hydrogen) atoms. The molecule has 0 atom stereocenters. The second kappa shape index (κ2) is 5.11. The fourth-order valence-electron chi connectivity index (χ4n) is 1.84. The van der Waals surface area contributed by atoms with Crippen molar-refractivity contribution in [3.63, 3.8) is 0 Å². The Bertz CT molecular complexity index is 780. The molecule has 0 radical (unpaired) electrons. The second-order valence-electron chi connectivity index (χ2n) is 4.08. The number of anilines is 1. The van der Waals surface area contributed by atoms with Crippen LogP contribution in [0.5, 0.6) is 0 Å². The molecular formula is C13H8Cl2N4O. The van der Waals surface area contributed by atoms with Gasteiger partial charge in [0.15, 0.2) is 0 Å². The van der Waals surface area contributed by atoms with Gasteiger partial charge < -0.3 is 10.3 Å². The predicted octanol–water partition coefficient (Wildman–Crippen LogP) is 3.52. The van der Waals surface area contributed by atoms with E-state index in [1.807, 2.05) is 18.3 Å². The van der Waals surface area contributed by atoms with E-state index in [9.17, 15) is 4.79 Å². The highest BCUT2D eigenvalue weighted by molar-refractivity contribution is 6.32. The van der Waals surface area contributed by atoms with E-state index in [0.717, 1.165) is 10.9 Å². The average Bonchev–Trinajstić information content (AvgIpc) is 2.84. The third-order valence-electron chi connectivity index (χ3n) is 2.72. The highest BCUT2D eigenvalue weighted by atomic mass is 35.5. The second-order valence-corrected chi connectivity index (χ2v) is 4.80. The molecule has 2 N–H and O–H groups in total. The van der Waals surface area contributed by atoms with E-state index in [2.05, 4.69) is 20.3 Å². The molecule has 0 unspecified atom stereocenters. The first-order valence-corrected chi connectivity index (χ1v) is 6.46. The zero-order chi connectivity index (χ0) is 14.1. The molecule has 1 aromatic carbocycles. The minimum Gasteiger partial charge on any atom is -0.361 e. The van der Waals surface area contributed by atoms with Crippen LogP contribution >= 0.6 is 23.2 Å². The number of H-pyrrole nitrogens is 1. The van der Waals surface area contributed by atoms with Crippen molar-refractivity contribution in [2.24, 2.45) is 0 Å². The van der Waals surface area contributed by atoms with Gasteiger partial charge >= 0.3 is 0 Å². The molecule has 3 rings (SSSR count). The van der Waals surface area contributed by atoms with Crippen molar-refractivity contribution in [1.82, 2.24) is 15.0 Å². The summed E-state index contributed by atoms with van der Waals surface area (Å²) in [4.78, 5) is 22.8. The summed E-state index contributed by atoms with van der Waals surface area (Å²) in [5.74, 6) is -0.0342. The lowest BCUT2D eigenvalue weighted by molar-refractivity contribution is 0.102. The molecule has 7 heteroatoms. The Morgan fingerprint density at radius 3 is 2.80 bits per heavy atom. The van der Waals surface area contributed by atoms with Crippen molar-refractivity contribution in [2.45, 2.75) is 0 Å². The van der Waals surface area contributed by atoms with Gasteiger partial charge in [-0.05, 0) is 35.9 Å². The fourth-order valence-corrected chi connectivity index (χ4v) is 2.25. The van der Waals surface area contributed by atoms with Crippen molar-refractivity contribution in [2.75, 3.05) is 5.32 Å². The van der Waals surface area contributed by atoms with Gasteiger partial charge in [-0.25, -0.2) is 9.97 Å². The number of nitrogens with one attached hydrogen (secondary N) is 2. The molecule has 0 bridgehead atoms. The number of hydrogen-bond donors (Lipinski definition) is 2. The third kappa shape index (κ3) is 2.59. The molecule has 0 saturated heterocycles. The first-order valence-electron chi connectivity index (χ1n) is 5.70. The Labute approximate surface area is 124 Å². The van der Waals surface area contributed by atoms with Crippen LogP contribution in [-0.4, -0.2) is 20.9 Å². The van der Waals surface area contributed by atoms with E-state index in [-0.39, 0.29) is 22.2 Å². The van der Waals surface area contributed by atoms with Gasteiger partial charge in [0.25, 0.3) is 5.91 Å². The first-order chi connectivity index (χ1) is 9.61. The summed E-state index contributed by atoms with van der Waals surface area (Å²) >= 11 is 11.4. The molecule has 0 spiro atoms. The Kier molecular flexibility index (Phi) is 3.30. The fraction of sp³-hybridized carbons (Fsp3) is 0. The number of hydrogen-bond acceptors (Lipinski definition) is 3. The topological polar surface area (TPSA) is 70.7 Å². The zero-order valence-electron chi connectivity index (χ0n) is 10.0. The number of amides is 1. The lowest BCUT2D eigenvalue weighted by Gasteiger charge is -2.05. The zero-order valence-corrected chi connectivity index (χ0v) is 11.5. The van der Waals surface area contributed by atoms with Gasteiger partial charge in [-0.3, -0.25) is 4.79 Å². The highest BCUT2D eigenvalue weighted by Crippen LogP contribution is 2.17. The summed E-state index contributed by atoms with van der Waals surface area (Å²) in [5, 5.41) is 3.73. The summed E-state index contributed by atoms with van der Waals surface area (Å²) in [6.45, 7) is 0. The Morgan fingerprint density at radius 1 is 1.15 bits per heavy atom. The Hall–Kier alpha value is -2.11. The number of carbonyl (C=O) groups excluding carboxylic acids is 1. The first kappa shape index (κ1) is 12.9.